The predicted octanol–water partition coefficient (Wildman–Crippen LogP) is 4.68. The van der Waals surface area contributed by atoms with Crippen molar-refractivity contribution in [3.8, 4) is 11.5 Å². The molecule has 1 N–H and O–H groups in total. The van der Waals surface area contributed by atoms with Gasteiger partial charge in [-0.3, -0.25) is 4.79 Å². The van der Waals surface area contributed by atoms with Crippen molar-refractivity contribution in [3.63, 3.8) is 0 Å². The monoisotopic (exact) mass is 363 g/mol. The van der Waals surface area contributed by atoms with Crippen LogP contribution in [-0.4, -0.2) is 25.3 Å². The summed E-state index contributed by atoms with van der Waals surface area (Å²) in [4.78, 5) is 12.3. The summed E-state index contributed by atoms with van der Waals surface area (Å²) in [6, 6.07) is 10.9. The third kappa shape index (κ3) is 4.17. The van der Waals surface area contributed by atoms with Crippen LogP contribution in [0.25, 0.3) is 6.08 Å². The minimum absolute atomic E-state index is 0.335. The van der Waals surface area contributed by atoms with Crippen LogP contribution in [0.3, 0.4) is 0 Å². The van der Waals surface area contributed by atoms with Crippen LogP contribution in [0.2, 0.25) is 0 Å². The summed E-state index contributed by atoms with van der Waals surface area (Å²) in [6.45, 7) is 1.92. The van der Waals surface area contributed by atoms with Gasteiger partial charge in [-0.2, -0.15) is 13.2 Å². The molecule has 0 radical (unpaired) electrons. The van der Waals surface area contributed by atoms with Gasteiger partial charge in [0.05, 0.1) is 0 Å². The van der Waals surface area contributed by atoms with Crippen molar-refractivity contribution in [3.05, 3.63) is 59.2 Å². The van der Waals surface area contributed by atoms with E-state index in [1.54, 1.807) is 18.2 Å². The van der Waals surface area contributed by atoms with Gasteiger partial charge in [0, 0.05) is 22.9 Å². The van der Waals surface area contributed by atoms with E-state index in [2.05, 4.69) is 5.32 Å². The first-order valence-electron chi connectivity index (χ1n) is 7.89. The van der Waals surface area contributed by atoms with Gasteiger partial charge < -0.3 is 14.8 Å². The quantitative estimate of drug-likeness (QED) is 0.862. The Bertz CT molecular complexity index is 842. The fourth-order valence-corrected chi connectivity index (χ4v) is 2.39. The summed E-state index contributed by atoms with van der Waals surface area (Å²) < 4.78 is 48.5. The van der Waals surface area contributed by atoms with Gasteiger partial charge in [-0.05, 0) is 42.8 Å². The molecule has 0 saturated heterocycles. The van der Waals surface area contributed by atoms with Crippen LogP contribution in [0.15, 0.2) is 48.0 Å². The molecule has 7 heteroatoms. The molecule has 1 aliphatic heterocycles. The van der Waals surface area contributed by atoms with Crippen molar-refractivity contribution in [2.24, 2.45) is 0 Å². The lowest BCUT2D eigenvalue weighted by molar-refractivity contribution is -0.0903. The van der Waals surface area contributed by atoms with Crippen molar-refractivity contribution < 1.29 is 27.4 Å². The smallest absolute Gasteiger partial charge is 0.412 e. The molecule has 3 rings (SSSR count). The molecular formula is C19H16F3NO3. The molecular weight excluding hydrogens is 347 g/mol. The molecule has 136 valence electrons. The van der Waals surface area contributed by atoms with E-state index in [9.17, 15) is 18.0 Å². The Morgan fingerprint density at radius 3 is 2.35 bits per heavy atom. The molecule has 0 aliphatic carbocycles. The van der Waals surface area contributed by atoms with Crippen molar-refractivity contribution in [2.75, 3.05) is 18.5 Å². The number of fused-ring (bicyclic) bond motifs is 1. The van der Waals surface area contributed by atoms with Crippen LogP contribution in [0.1, 0.15) is 22.8 Å². The standard InChI is InChI=1S/C19H16F3NO3/c1-12(19(20,21)22)10-13-2-4-14(5-3-13)18(24)23-15-6-7-16-17(11-15)26-9-8-25-16/h2-7,10-11H,8-9H2,1H3,(H,23,24)/b12-10+. The molecule has 0 fully saturated rings. The number of halogens is 3. The zero-order valence-corrected chi connectivity index (χ0v) is 13.9. The van der Waals surface area contributed by atoms with Gasteiger partial charge in [-0.15, -0.1) is 0 Å². The highest BCUT2D eigenvalue weighted by Gasteiger charge is 2.29. The Hall–Kier alpha value is -2.96. The Balaban J connectivity index is 1.71. The maximum absolute atomic E-state index is 12.6. The molecule has 26 heavy (non-hydrogen) atoms. The molecule has 0 spiro atoms. The third-order valence-corrected chi connectivity index (χ3v) is 3.80. The molecule has 0 atom stereocenters. The van der Waals surface area contributed by atoms with Crippen molar-refractivity contribution in [2.45, 2.75) is 13.1 Å². The fourth-order valence-electron chi connectivity index (χ4n) is 2.39. The van der Waals surface area contributed by atoms with Crippen molar-refractivity contribution in [1.82, 2.24) is 0 Å². The molecule has 0 bridgehead atoms. The van der Waals surface area contributed by atoms with Crippen LogP contribution in [0.5, 0.6) is 11.5 Å². The van der Waals surface area contributed by atoms with Gasteiger partial charge in [0.15, 0.2) is 11.5 Å². The average molecular weight is 363 g/mol. The number of alkyl halides is 3. The van der Waals surface area contributed by atoms with Gasteiger partial charge >= 0.3 is 6.18 Å². The molecule has 0 unspecified atom stereocenters. The first-order chi connectivity index (χ1) is 12.3. The Labute approximate surface area is 148 Å². The van der Waals surface area contributed by atoms with Gasteiger partial charge in [0.1, 0.15) is 13.2 Å². The van der Waals surface area contributed by atoms with E-state index in [-0.39, 0.29) is 5.91 Å². The Morgan fingerprint density at radius 2 is 1.69 bits per heavy atom. The Morgan fingerprint density at radius 1 is 1.04 bits per heavy atom. The molecule has 1 heterocycles. The average Bonchev–Trinajstić information content (AvgIpc) is 2.61. The number of ether oxygens (including phenoxy) is 2. The highest BCUT2D eigenvalue weighted by molar-refractivity contribution is 6.04. The summed E-state index contributed by atoms with van der Waals surface area (Å²) in [7, 11) is 0. The first kappa shape index (κ1) is 17.8. The zero-order chi connectivity index (χ0) is 18.7. The molecule has 1 aliphatic rings. The maximum atomic E-state index is 12.6. The molecule has 0 saturated carbocycles. The predicted molar refractivity (Wildman–Crippen MR) is 91.5 cm³/mol. The van der Waals surface area contributed by atoms with E-state index in [4.69, 9.17) is 9.47 Å². The van der Waals surface area contributed by atoms with Crippen molar-refractivity contribution in [1.29, 1.82) is 0 Å². The fraction of sp³-hybridized carbons (Fsp3) is 0.211. The lowest BCUT2D eigenvalue weighted by Gasteiger charge is -2.19. The highest BCUT2D eigenvalue weighted by atomic mass is 19.4. The van der Waals surface area contributed by atoms with Gasteiger partial charge in [-0.25, -0.2) is 0 Å². The number of allylic oxidation sites excluding steroid dienone is 1. The lowest BCUT2D eigenvalue weighted by Crippen LogP contribution is -2.16. The normalized spacial score (nSPS) is 14.1. The lowest BCUT2D eigenvalue weighted by atomic mass is 10.1. The minimum atomic E-state index is -4.37. The van der Waals surface area contributed by atoms with E-state index >= 15 is 0 Å². The number of benzene rings is 2. The summed E-state index contributed by atoms with van der Waals surface area (Å²) in [5, 5.41) is 2.72. The number of hydrogen-bond acceptors (Lipinski definition) is 3. The van der Waals surface area contributed by atoms with E-state index in [0.29, 0.717) is 41.5 Å². The second-order valence-corrected chi connectivity index (χ2v) is 5.76. The molecule has 2 aromatic rings. The van der Waals surface area contributed by atoms with Crippen LogP contribution < -0.4 is 14.8 Å². The van der Waals surface area contributed by atoms with Gasteiger partial charge in [0.2, 0.25) is 0 Å². The minimum Gasteiger partial charge on any atom is -0.486 e. The number of nitrogens with one attached hydrogen (secondary N) is 1. The first-order valence-corrected chi connectivity index (χ1v) is 7.89. The van der Waals surface area contributed by atoms with Crippen molar-refractivity contribution >= 4 is 17.7 Å². The maximum Gasteiger partial charge on any atom is 0.412 e. The van der Waals surface area contributed by atoms with E-state index in [1.165, 1.54) is 24.3 Å². The topological polar surface area (TPSA) is 47.6 Å². The number of carbonyl (C=O) groups is 1. The number of carbonyl (C=O) groups excluding carboxylic acids is 1. The molecule has 0 aromatic heterocycles. The SMILES string of the molecule is C/C(=C\c1ccc(C(=O)Nc2ccc3c(c2)OCCO3)cc1)C(F)(F)F. The van der Waals surface area contributed by atoms with Crippen LogP contribution in [0.4, 0.5) is 18.9 Å². The van der Waals surface area contributed by atoms with Gasteiger partial charge in [-0.1, -0.05) is 12.1 Å². The molecule has 4 nitrogen and oxygen atoms in total. The zero-order valence-electron chi connectivity index (χ0n) is 13.9. The number of anilines is 1. The summed E-state index contributed by atoms with van der Waals surface area (Å²) in [5.74, 6) is 0.798. The third-order valence-electron chi connectivity index (χ3n) is 3.80. The second-order valence-electron chi connectivity index (χ2n) is 5.76. The number of hydrogen-bond donors (Lipinski definition) is 1. The summed E-state index contributed by atoms with van der Waals surface area (Å²) in [6.07, 6.45) is -3.34. The number of rotatable bonds is 3. The summed E-state index contributed by atoms with van der Waals surface area (Å²) >= 11 is 0. The van der Waals surface area contributed by atoms with Crippen LogP contribution in [0, 0.1) is 0 Å². The second kappa shape index (κ2) is 7.11. The molecule has 1 amide bonds. The van der Waals surface area contributed by atoms with Gasteiger partial charge in [0.25, 0.3) is 5.91 Å². The van der Waals surface area contributed by atoms with E-state index < -0.39 is 11.7 Å². The van der Waals surface area contributed by atoms with E-state index in [0.717, 1.165) is 13.0 Å². The Kier molecular flexibility index (Phi) is 4.88. The van der Waals surface area contributed by atoms with Crippen LogP contribution in [-0.2, 0) is 0 Å². The molecule has 2 aromatic carbocycles. The number of amides is 1. The van der Waals surface area contributed by atoms with E-state index in [1.807, 2.05) is 0 Å². The summed E-state index contributed by atoms with van der Waals surface area (Å²) in [5.41, 5.74) is 0.541. The largest absolute Gasteiger partial charge is 0.486 e. The highest BCUT2D eigenvalue weighted by Crippen LogP contribution is 2.32. The van der Waals surface area contributed by atoms with Crippen LogP contribution >= 0.6 is 0 Å².